The van der Waals surface area contributed by atoms with Gasteiger partial charge in [0.2, 0.25) is 17.5 Å². The molecule has 124 valence electrons. The van der Waals surface area contributed by atoms with Crippen molar-refractivity contribution < 1.29 is 8.81 Å². The lowest BCUT2D eigenvalue weighted by molar-refractivity contribution is 0.245. The first-order chi connectivity index (χ1) is 11.7. The summed E-state index contributed by atoms with van der Waals surface area (Å²) in [5, 5.41) is 9.29. The zero-order chi connectivity index (χ0) is 16.5. The second kappa shape index (κ2) is 6.25. The molecule has 4 rings (SSSR count). The van der Waals surface area contributed by atoms with E-state index in [2.05, 4.69) is 20.9 Å². The van der Waals surface area contributed by atoms with Crippen molar-refractivity contribution in [2.45, 2.75) is 25.3 Å². The van der Waals surface area contributed by atoms with Crippen molar-refractivity contribution >= 4 is 5.88 Å². The molecule has 1 saturated carbocycles. The van der Waals surface area contributed by atoms with Crippen molar-refractivity contribution in [3.8, 4) is 6.07 Å². The number of nitriles is 1. The Bertz CT molecular complexity index is 770. The van der Waals surface area contributed by atoms with Crippen molar-refractivity contribution in [3.63, 3.8) is 0 Å². The average molecular weight is 326 g/mol. The summed E-state index contributed by atoms with van der Waals surface area (Å²) in [6.45, 7) is 3.99. The van der Waals surface area contributed by atoms with E-state index in [1.807, 2.05) is 6.07 Å². The summed E-state index contributed by atoms with van der Waals surface area (Å²) < 4.78 is 19.1. The number of oxazole rings is 1. The van der Waals surface area contributed by atoms with E-state index in [0.717, 1.165) is 51.1 Å². The predicted octanol–water partition coefficient (Wildman–Crippen LogP) is 2.88. The first-order valence-electron chi connectivity index (χ1n) is 8.35. The van der Waals surface area contributed by atoms with Gasteiger partial charge >= 0.3 is 0 Å². The molecule has 6 heteroatoms. The van der Waals surface area contributed by atoms with Crippen LogP contribution in [0.3, 0.4) is 0 Å². The van der Waals surface area contributed by atoms with E-state index >= 15 is 0 Å². The molecule has 1 aromatic carbocycles. The molecule has 0 spiro atoms. The van der Waals surface area contributed by atoms with Crippen molar-refractivity contribution in [3.05, 3.63) is 47.2 Å². The van der Waals surface area contributed by atoms with Crippen LogP contribution in [0.5, 0.6) is 0 Å². The van der Waals surface area contributed by atoms with Crippen LogP contribution in [0.4, 0.5) is 10.3 Å². The number of piperazine rings is 1. The monoisotopic (exact) mass is 326 g/mol. The average Bonchev–Trinajstić information content (AvgIpc) is 3.35. The largest absolute Gasteiger partial charge is 0.423 e. The maximum Gasteiger partial charge on any atom is 0.234 e. The Labute approximate surface area is 140 Å². The molecule has 0 bridgehead atoms. The van der Waals surface area contributed by atoms with Gasteiger partial charge < -0.3 is 9.32 Å². The van der Waals surface area contributed by atoms with Crippen LogP contribution in [0.25, 0.3) is 0 Å². The Morgan fingerprint density at radius 3 is 2.71 bits per heavy atom. The van der Waals surface area contributed by atoms with Crippen molar-refractivity contribution in [1.82, 2.24) is 9.88 Å². The highest BCUT2D eigenvalue weighted by molar-refractivity contribution is 5.48. The summed E-state index contributed by atoms with van der Waals surface area (Å²) in [5.74, 6) is 1.53. The van der Waals surface area contributed by atoms with Crippen LogP contribution in [0, 0.1) is 17.1 Å². The molecule has 1 aliphatic carbocycles. The smallest absolute Gasteiger partial charge is 0.234 e. The first kappa shape index (κ1) is 15.2. The van der Waals surface area contributed by atoms with Gasteiger partial charge in [0.15, 0.2) is 0 Å². The molecule has 1 aromatic heterocycles. The standard InChI is InChI=1S/C18H19FN4O/c19-15-3-1-2-13(10-15)12-22-6-8-23(9-7-22)18-16(11-20)21-17(24-18)14-4-5-14/h1-3,10,14H,4-9,12H2. The Morgan fingerprint density at radius 2 is 2.04 bits per heavy atom. The topological polar surface area (TPSA) is 56.3 Å². The van der Waals surface area contributed by atoms with Gasteiger partial charge in [0, 0.05) is 38.6 Å². The SMILES string of the molecule is N#Cc1nc(C2CC2)oc1N1CCN(Cc2cccc(F)c2)CC1. The number of aromatic nitrogens is 1. The molecule has 0 radical (unpaired) electrons. The van der Waals surface area contributed by atoms with E-state index in [0.29, 0.717) is 23.4 Å². The third-order valence-electron chi connectivity index (χ3n) is 4.61. The molecule has 0 N–H and O–H groups in total. The van der Waals surface area contributed by atoms with Crippen LogP contribution in [0.1, 0.15) is 35.9 Å². The highest BCUT2D eigenvalue weighted by Crippen LogP contribution is 2.41. The van der Waals surface area contributed by atoms with Crippen LogP contribution >= 0.6 is 0 Å². The minimum absolute atomic E-state index is 0.195. The molecule has 2 aromatic rings. The maximum atomic E-state index is 13.3. The third-order valence-corrected chi connectivity index (χ3v) is 4.61. The Morgan fingerprint density at radius 1 is 1.25 bits per heavy atom. The van der Waals surface area contributed by atoms with Crippen molar-refractivity contribution in [1.29, 1.82) is 5.26 Å². The van der Waals surface area contributed by atoms with Gasteiger partial charge in [-0.3, -0.25) is 4.90 Å². The molecular formula is C18H19FN4O. The lowest BCUT2D eigenvalue weighted by Crippen LogP contribution is -2.46. The molecule has 1 saturated heterocycles. The number of anilines is 1. The number of benzene rings is 1. The van der Waals surface area contributed by atoms with E-state index in [4.69, 9.17) is 4.42 Å². The van der Waals surface area contributed by atoms with Crippen LogP contribution in [0.2, 0.25) is 0 Å². The minimum atomic E-state index is -0.195. The fraction of sp³-hybridized carbons (Fsp3) is 0.444. The van der Waals surface area contributed by atoms with Crippen molar-refractivity contribution in [2.75, 3.05) is 31.1 Å². The molecule has 24 heavy (non-hydrogen) atoms. The molecule has 5 nitrogen and oxygen atoms in total. The van der Waals surface area contributed by atoms with Gasteiger partial charge in [-0.05, 0) is 30.5 Å². The summed E-state index contributed by atoms with van der Waals surface area (Å²) in [5.41, 5.74) is 1.38. The lowest BCUT2D eigenvalue weighted by Gasteiger charge is -2.34. The van der Waals surface area contributed by atoms with Gasteiger partial charge in [-0.1, -0.05) is 12.1 Å². The van der Waals surface area contributed by atoms with Crippen LogP contribution in [-0.4, -0.2) is 36.1 Å². The highest BCUT2D eigenvalue weighted by Gasteiger charge is 2.32. The number of rotatable bonds is 4. The summed E-state index contributed by atoms with van der Waals surface area (Å²) >= 11 is 0. The zero-order valence-electron chi connectivity index (χ0n) is 13.4. The second-order valence-electron chi connectivity index (χ2n) is 6.49. The van der Waals surface area contributed by atoms with Crippen LogP contribution in [0.15, 0.2) is 28.7 Å². The molecule has 0 atom stereocenters. The molecule has 0 amide bonds. The molecule has 1 aliphatic heterocycles. The fourth-order valence-electron chi connectivity index (χ4n) is 3.12. The van der Waals surface area contributed by atoms with E-state index in [-0.39, 0.29) is 5.82 Å². The van der Waals surface area contributed by atoms with E-state index < -0.39 is 0 Å². The van der Waals surface area contributed by atoms with Gasteiger partial charge in [-0.25, -0.2) is 9.37 Å². The van der Waals surface area contributed by atoms with Gasteiger partial charge in [-0.2, -0.15) is 5.26 Å². The minimum Gasteiger partial charge on any atom is -0.423 e. The van der Waals surface area contributed by atoms with Crippen LogP contribution < -0.4 is 4.90 Å². The van der Waals surface area contributed by atoms with Crippen LogP contribution in [-0.2, 0) is 6.54 Å². The van der Waals surface area contributed by atoms with E-state index in [9.17, 15) is 9.65 Å². The Balaban J connectivity index is 1.40. The molecule has 2 heterocycles. The fourth-order valence-corrected chi connectivity index (χ4v) is 3.12. The predicted molar refractivity (Wildman–Crippen MR) is 87.1 cm³/mol. The van der Waals surface area contributed by atoms with E-state index in [1.54, 1.807) is 12.1 Å². The summed E-state index contributed by atoms with van der Waals surface area (Å²) in [6.07, 6.45) is 2.21. The van der Waals surface area contributed by atoms with Gasteiger partial charge in [0.05, 0.1) is 0 Å². The Kier molecular flexibility index (Phi) is 3.95. The van der Waals surface area contributed by atoms with Crippen molar-refractivity contribution in [2.24, 2.45) is 0 Å². The van der Waals surface area contributed by atoms with Gasteiger partial charge in [0.25, 0.3) is 0 Å². The third kappa shape index (κ3) is 3.13. The Hall–Kier alpha value is -2.39. The summed E-state index contributed by atoms with van der Waals surface area (Å²) in [7, 11) is 0. The van der Waals surface area contributed by atoms with Gasteiger partial charge in [0.1, 0.15) is 11.9 Å². The number of hydrogen-bond acceptors (Lipinski definition) is 5. The summed E-state index contributed by atoms with van der Waals surface area (Å²) in [4.78, 5) is 8.72. The zero-order valence-corrected chi connectivity index (χ0v) is 13.4. The quantitative estimate of drug-likeness (QED) is 0.865. The molecule has 2 fully saturated rings. The number of hydrogen-bond donors (Lipinski definition) is 0. The molecule has 2 aliphatic rings. The van der Waals surface area contributed by atoms with Gasteiger partial charge in [-0.15, -0.1) is 0 Å². The maximum absolute atomic E-state index is 13.3. The lowest BCUT2D eigenvalue weighted by atomic mass is 10.2. The highest BCUT2D eigenvalue weighted by atomic mass is 19.1. The second-order valence-corrected chi connectivity index (χ2v) is 6.49. The molecular weight excluding hydrogens is 307 g/mol. The number of halogens is 1. The molecule has 0 unspecified atom stereocenters. The summed E-state index contributed by atoms with van der Waals surface area (Å²) in [6, 6.07) is 8.89. The normalized spacial score (nSPS) is 18.6. The number of nitrogens with zero attached hydrogens (tertiary/aromatic N) is 4. The van der Waals surface area contributed by atoms with E-state index in [1.165, 1.54) is 6.07 Å². The first-order valence-corrected chi connectivity index (χ1v) is 8.35.